The summed E-state index contributed by atoms with van der Waals surface area (Å²) in [4.78, 5) is 24.4. The van der Waals surface area contributed by atoms with Crippen molar-refractivity contribution >= 4 is 22.9 Å². The van der Waals surface area contributed by atoms with Crippen molar-refractivity contribution in [3.8, 4) is 0 Å². The molecule has 0 bridgehead atoms. The Morgan fingerprint density at radius 3 is 2.63 bits per heavy atom. The summed E-state index contributed by atoms with van der Waals surface area (Å²) in [5, 5.41) is 2.66. The first-order valence-electron chi connectivity index (χ1n) is 5.77. The summed E-state index contributed by atoms with van der Waals surface area (Å²) in [6, 6.07) is 12.5. The van der Waals surface area contributed by atoms with Crippen molar-refractivity contribution in [2.45, 2.75) is 0 Å². The Bertz CT molecular complexity index is 728. The third-order valence-corrected chi connectivity index (χ3v) is 2.61. The van der Waals surface area contributed by atoms with Gasteiger partial charge in [0.15, 0.2) is 0 Å². The third kappa shape index (κ3) is 2.40. The van der Waals surface area contributed by atoms with Crippen LogP contribution in [0.2, 0.25) is 0 Å². The Balaban J connectivity index is 1.87. The fourth-order valence-corrected chi connectivity index (χ4v) is 1.69. The number of carbonyl (C=O) groups is 1. The zero-order valence-electron chi connectivity index (χ0n) is 9.95. The zero-order chi connectivity index (χ0) is 13.1. The molecule has 5 nitrogen and oxygen atoms in total. The number of benzene rings is 1. The highest BCUT2D eigenvalue weighted by molar-refractivity contribution is 6.03. The third-order valence-electron chi connectivity index (χ3n) is 2.61. The minimum atomic E-state index is -0.233. The van der Waals surface area contributed by atoms with E-state index in [9.17, 15) is 4.79 Å². The van der Waals surface area contributed by atoms with Gasteiger partial charge in [-0.1, -0.05) is 18.2 Å². The van der Waals surface area contributed by atoms with Gasteiger partial charge in [0.05, 0.1) is 11.7 Å². The molecule has 0 radical (unpaired) electrons. The SMILES string of the molecule is O=C(Nc1ncc2ncccc2n1)c1ccccc1. The van der Waals surface area contributed by atoms with Gasteiger partial charge >= 0.3 is 0 Å². The van der Waals surface area contributed by atoms with Gasteiger partial charge in [-0.05, 0) is 24.3 Å². The Morgan fingerprint density at radius 2 is 1.79 bits per heavy atom. The van der Waals surface area contributed by atoms with Crippen molar-refractivity contribution in [1.29, 1.82) is 0 Å². The van der Waals surface area contributed by atoms with E-state index in [-0.39, 0.29) is 11.9 Å². The molecule has 0 fully saturated rings. The molecular formula is C14H10N4O. The van der Waals surface area contributed by atoms with E-state index in [2.05, 4.69) is 20.3 Å². The lowest BCUT2D eigenvalue weighted by Gasteiger charge is -2.04. The molecule has 0 aliphatic carbocycles. The molecule has 19 heavy (non-hydrogen) atoms. The molecule has 0 spiro atoms. The summed E-state index contributed by atoms with van der Waals surface area (Å²) in [5.74, 6) is 0.0400. The monoisotopic (exact) mass is 250 g/mol. The van der Waals surface area contributed by atoms with Crippen LogP contribution in [0.15, 0.2) is 54.9 Å². The van der Waals surface area contributed by atoms with Gasteiger partial charge in [-0.25, -0.2) is 9.97 Å². The summed E-state index contributed by atoms with van der Waals surface area (Å²) < 4.78 is 0. The Hall–Kier alpha value is -2.82. The van der Waals surface area contributed by atoms with Crippen molar-refractivity contribution in [2.75, 3.05) is 5.32 Å². The van der Waals surface area contributed by atoms with Crippen molar-refractivity contribution in [3.05, 3.63) is 60.4 Å². The van der Waals surface area contributed by atoms with Gasteiger partial charge in [0.1, 0.15) is 5.52 Å². The average Bonchev–Trinajstić information content (AvgIpc) is 2.48. The van der Waals surface area contributed by atoms with Crippen LogP contribution in [0.3, 0.4) is 0 Å². The number of hydrogen-bond acceptors (Lipinski definition) is 4. The number of pyridine rings is 1. The lowest BCUT2D eigenvalue weighted by Crippen LogP contribution is -2.13. The molecule has 0 saturated carbocycles. The largest absolute Gasteiger partial charge is 0.290 e. The predicted molar refractivity (Wildman–Crippen MR) is 71.7 cm³/mol. The number of anilines is 1. The first-order valence-corrected chi connectivity index (χ1v) is 5.77. The second-order valence-electron chi connectivity index (χ2n) is 3.92. The van der Waals surface area contributed by atoms with Gasteiger partial charge in [-0.15, -0.1) is 0 Å². The normalized spacial score (nSPS) is 10.3. The van der Waals surface area contributed by atoms with Gasteiger partial charge in [0.25, 0.3) is 5.91 Å². The van der Waals surface area contributed by atoms with Crippen LogP contribution >= 0.6 is 0 Å². The number of aromatic nitrogens is 3. The molecule has 0 aliphatic heterocycles. The number of amides is 1. The Kier molecular flexibility index (Phi) is 2.86. The highest BCUT2D eigenvalue weighted by Crippen LogP contribution is 2.10. The molecule has 1 aromatic carbocycles. The molecule has 2 aromatic heterocycles. The van der Waals surface area contributed by atoms with Crippen LogP contribution in [0.4, 0.5) is 5.95 Å². The summed E-state index contributed by atoms with van der Waals surface area (Å²) in [6.07, 6.45) is 3.26. The van der Waals surface area contributed by atoms with Gasteiger partial charge in [0, 0.05) is 11.8 Å². The van der Waals surface area contributed by atoms with Crippen molar-refractivity contribution in [1.82, 2.24) is 15.0 Å². The number of rotatable bonds is 2. The van der Waals surface area contributed by atoms with E-state index in [1.807, 2.05) is 12.1 Å². The summed E-state index contributed by atoms with van der Waals surface area (Å²) in [6.45, 7) is 0. The van der Waals surface area contributed by atoms with E-state index < -0.39 is 0 Å². The van der Waals surface area contributed by atoms with E-state index >= 15 is 0 Å². The summed E-state index contributed by atoms with van der Waals surface area (Å²) >= 11 is 0. The fourth-order valence-electron chi connectivity index (χ4n) is 1.69. The Morgan fingerprint density at radius 1 is 0.947 bits per heavy atom. The molecule has 0 aliphatic rings. The second kappa shape index (κ2) is 4.81. The van der Waals surface area contributed by atoms with Crippen LogP contribution in [0.1, 0.15) is 10.4 Å². The minimum absolute atomic E-state index is 0.233. The highest BCUT2D eigenvalue weighted by Gasteiger charge is 2.07. The maximum Gasteiger partial charge on any atom is 0.258 e. The number of nitrogens with one attached hydrogen (secondary N) is 1. The Labute approximate surface area is 109 Å². The van der Waals surface area contributed by atoms with Crippen LogP contribution in [0.25, 0.3) is 11.0 Å². The highest BCUT2D eigenvalue weighted by atomic mass is 16.1. The van der Waals surface area contributed by atoms with Crippen LogP contribution in [-0.4, -0.2) is 20.9 Å². The first kappa shape index (κ1) is 11.3. The van der Waals surface area contributed by atoms with Gasteiger partial charge in [0.2, 0.25) is 5.95 Å². The van der Waals surface area contributed by atoms with Gasteiger partial charge in [-0.3, -0.25) is 15.1 Å². The van der Waals surface area contributed by atoms with E-state index in [1.165, 1.54) is 0 Å². The molecule has 92 valence electrons. The molecule has 0 atom stereocenters. The quantitative estimate of drug-likeness (QED) is 0.757. The smallest absolute Gasteiger partial charge is 0.258 e. The average molecular weight is 250 g/mol. The van der Waals surface area contributed by atoms with Crippen molar-refractivity contribution < 1.29 is 4.79 Å². The van der Waals surface area contributed by atoms with E-state index in [4.69, 9.17) is 0 Å². The number of fused-ring (bicyclic) bond motifs is 1. The lowest BCUT2D eigenvalue weighted by atomic mass is 10.2. The van der Waals surface area contributed by atoms with Crippen LogP contribution in [0.5, 0.6) is 0 Å². The van der Waals surface area contributed by atoms with E-state index in [0.717, 1.165) is 0 Å². The molecule has 0 saturated heterocycles. The van der Waals surface area contributed by atoms with Crippen LogP contribution in [-0.2, 0) is 0 Å². The summed E-state index contributed by atoms with van der Waals surface area (Å²) in [7, 11) is 0. The first-order chi connectivity index (χ1) is 9.33. The predicted octanol–water partition coefficient (Wildman–Crippen LogP) is 2.28. The van der Waals surface area contributed by atoms with Gasteiger partial charge in [-0.2, -0.15) is 0 Å². The van der Waals surface area contributed by atoms with Crippen molar-refractivity contribution in [2.24, 2.45) is 0 Å². The molecule has 1 N–H and O–H groups in total. The molecular weight excluding hydrogens is 240 g/mol. The molecule has 1 amide bonds. The molecule has 2 heterocycles. The maximum absolute atomic E-state index is 11.9. The fraction of sp³-hybridized carbons (Fsp3) is 0. The van der Waals surface area contributed by atoms with Crippen LogP contribution in [0, 0.1) is 0 Å². The minimum Gasteiger partial charge on any atom is -0.290 e. The molecule has 3 rings (SSSR count). The van der Waals surface area contributed by atoms with Gasteiger partial charge < -0.3 is 0 Å². The number of nitrogens with zero attached hydrogens (tertiary/aromatic N) is 3. The van der Waals surface area contributed by atoms with Crippen molar-refractivity contribution in [3.63, 3.8) is 0 Å². The standard InChI is InChI=1S/C14H10N4O/c19-13(10-5-2-1-3-6-10)18-14-16-9-12-11(17-14)7-4-8-15-12/h1-9H,(H,16,17,18,19). The zero-order valence-corrected chi connectivity index (χ0v) is 9.95. The maximum atomic E-state index is 11.9. The van der Waals surface area contributed by atoms with Crippen LogP contribution < -0.4 is 5.32 Å². The second-order valence-corrected chi connectivity index (χ2v) is 3.92. The number of carbonyl (C=O) groups excluding carboxylic acids is 1. The molecule has 0 unspecified atom stereocenters. The number of hydrogen-bond donors (Lipinski definition) is 1. The van der Waals surface area contributed by atoms with E-state index in [0.29, 0.717) is 16.6 Å². The summed E-state index contributed by atoms with van der Waals surface area (Å²) in [5.41, 5.74) is 1.96. The molecule has 3 aromatic rings. The lowest BCUT2D eigenvalue weighted by molar-refractivity contribution is 0.102. The molecule has 5 heteroatoms. The van der Waals surface area contributed by atoms with E-state index in [1.54, 1.807) is 42.7 Å². The topological polar surface area (TPSA) is 67.8 Å².